The predicted molar refractivity (Wildman–Crippen MR) is 65.6 cm³/mol. The smallest absolute Gasteiger partial charge is 0.221 e. The molecule has 0 saturated heterocycles. The highest BCUT2D eigenvalue weighted by Crippen LogP contribution is 2.38. The number of carbonyl (C=O) groups excluding carboxylic acids is 1. The van der Waals surface area contributed by atoms with Crippen molar-refractivity contribution in [2.24, 2.45) is 0 Å². The van der Waals surface area contributed by atoms with Crippen molar-refractivity contribution < 1.29 is 4.79 Å². The Morgan fingerprint density at radius 1 is 1.53 bits per heavy atom. The highest BCUT2D eigenvalue weighted by molar-refractivity contribution is 5.76. The maximum absolute atomic E-state index is 11.0. The molecule has 1 aromatic heterocycles. The van der Waals surface area contributed by atoms with Crippen LogP contribution in [0.1, 0.15) is 31.0 Å². The number of hydrogen-bond donors (Lipinski definition) is 3. The first kappa shape index (κ1) is 11.6. The first-order chi connectivity index (χ1) is 8.19. The van der Waals surface area contributed by atoms with Gasteiger partial charge in [0.1, 0.15) is 17.5 Å². The first-order valence-electron chi connectivity index (χ1n) is 5.78. The molecule has 1 aliphatic carbocycles. The monoisotopic (exact) mass is 235 g/mol. The topological polar surface area (TPSA) is 92.9 Å². The summed E-state index contributed by atoms with van der Waals surface area (Å²) in [5.41, 5.74) is 5.71. The third-order valence-electron chi connectivity index (χ3n) is 2.64. The highest BCUT2D eigenvalue weighted by Gasteiger charge is 2.27. The van der Waals surface area contributed by atoms with Crippen LogP contribution >= 0.6 is 0 Å². The Hall–Kier alpha value is -1.85. The summed E-state index contributed by atoms with van der Waals surface area (Å²) < 4.78 is 0. The average Bonchev–Trinajstić information content (AvgIpc) is 3.12. The number of aromatic nitrogens is 2. The molecule has 92 valence electrons. The highest BCUT2D eigenvalue weighted by atomic mass is 16.1. The largest absolute Gasteiger partial charge is 0.384 e. The normalized spacial score (nSPS) is 14.4. The Kier molecular flexibility index (Phi) is 3.41. The summed E-state index contributed by atoms with van der Waals surface area (Å²) >= 11 is 0. The molecule has 6 heteroatoms. The minimum atomic E-state index is 0.00180. The van der Waals surface area contributed by atoms with Crippen molar-refractivity contribution in [3.05, 3.63) is 11.9 Å². The molecule has 0 aromatic carbocycles. The summed E-state index contributed by atoms with van der Waals surface area (Å²) in [5.74, 6) is 2.46. The van der Waals surface area contributed by atoms with Gasteiger partial charge in [0.2, 0.25) is 5.91 Å². The van der Waals surface area contributed by atoms with Crippen molar-refractivity contribution >= 4 is 17.5 Å². The second-order valence-corrected chi connectivity index (χ2v) is 4.16. The molecule has 4 N–H and O–H groups in total. The van der Waals surface area contributed by atoms with Crippen molar-refractivity contribution in [1.82, 2.24) is 15.3 Å². The summed E-state index contributed by atoms with van der Waals surface area (Å²) in [6.45, 7) is 0.542. The summed E-state index contributed by atoms with van der Waals surface area (Å²) in [4.78, 5) is 19.6. The van der Waals surface area contributed by atoms with Crippen LogP contribution in [-0.4, -0.2) is 29.5 Å². The molecule has 1 aliphatic rings. The quantitative estimate of drug-likeness (QED) is 0.690. The molecule has 1 saturated carbocycles. The average molecular weight is 235 g/mol. The predicted octanol–water partition coefficient (Wildman–Crippen LogP) is 0.484. The Balaban J connectivity index is 1.93. The molecule has 0 radical (unpaired) electrons. The van der Waals surface area contributed by atoms with Gasteiger partial charge in [-0.3, -0.25) is 4.79 Å². The zero-order valence-corrected chi connectivity index (χ0v) is 9.86. The van der Waals surface area contributed by atoms with Crippen molar-refractivity contribution in [3.8, 4) is 0 Å². The lowest BCUT2D eigenvalue weighted by Crippen LogP contribution is -2.21. The number of nitrogens with two attached hydrogens (primary N) is 1. The number of carbonyl (C=O) groups is 1. The number of amides is 1. The van der Waals surface area contributed by atoms with Gasteiger partial charge in [0.05, 0.1) is 0 Å². The summed E-state index contributed by atoms with van der Waals surface area (Å²) in [5, 5.41) is 5.65. The number of anilines is 2. The fourth-order valence-electron chi connectivity index (χ4n) is 1.53. The molecule has 6 nitrogen and oxygen atoms in total. The van der Waals surface area contributed by atoms with Crippen LogP contribution in [0.4, 0.5) is 11.6 Å². The van der Waals surface area contributed by atoms with E-state index in [9.17, 15) is 4.79 Å². The van der Waals surface area contributed by atoms with Crippen LogP contribution in [0.3, 0.4) is 0 Å². The molecular weight excluding hydrogens is 218 g/mol. The summed E-state index contributed by atoms with van der Waals surface area (Å²) in [7, 11) is 1.62. The van der Waals surface area contributed by atoms with Crippen molar-refractivity contribution in [3.63, 3.8) is 0 Å². The van der Waals surface area contributed by atoms with E-state index in [1.807, 2.05) is 0 Å². The zero-order chi connectivity index (χ0) is 12.3. The Bertz CT molecular complexity index is 416. The minimum absolute atomic E-state index is 0.00180. The van der Waals surface area contributed by atoms with E-state index in [2.05, 4.69) is 20.6 Å². The molecule has 0 unspecified atom stereocenters. The second kappa shape index (κ2) is 4.99. The Morgan fingerprint density at radius 3 is 2.94 bits per heavy atom. The second-order valence-electron chi connectivity index (χ2n) is 4.16. The fourth-order valence-corrected chi connectivity index (χ4v) is 1.53. The lowest BCUT2D eigenvalue weighted by atomic mass is 10.3. The van der Waals surface area contributed by atoms with Gasteiger partial charge < -0.3 is 16.4 Å². The molecule has 0 aliphatic heterocycles. The molecular formula is C11H17N5O. The van der Waals surface area contributed by atoms with Crippen molar-refractivity contribution in [2.75, 3.05) is 24.6 Å². The molecule has 1 amide bonds. The van der Waals surface area contributed by atoms with Crippen LogP contribution in [0, 0.1) is 0 Å². The Labute approximate surface area is 100 Å². The number of nitrogens with zero attached hydrogens (tertiary/aromatic N) is 2. The Morgan fingerprint density at radius 2 is 2.29 bits per heavy atom. The van der Waals surface area contributed by atoms with E-state index in [1.54, 1.807) is 13.1 Å². The third-order valence-corrected chi connectivity index (χ3v) is 2.64. The van der Waals surface area contributed by atoms with E-state index in [-0.39, 0.29) is 5.91 Å². The summed E-state index contributed by atoms with van der Waals surface area (Å²) in [6.07, 6.45) is 2.70. The van der Waals surface area contributed by atoms with Gasteiger partial charge in [-0.2, -0.15) is 0 Å². The van der Waals surface area contributed by atoms with Gasteiger partial charge in [0, 0.05) is 32.0 Å². The lowest BCUT2D eigenvalue weighted by molar-refractivity contribution is -0.120. The maximum atomic E-state index is 11.0. The van der Waals surface area contributed by atoms with E-state index in [4.69, 9.17) is 5.73 Å². The maximum Gasteiger partial charge on any atom is 0.221 e. The van der Waals surface area contributed by atoms with Crippen LogP contribution in [0.2, 0.25) is 0 Å². The van der Waals surface area contributed by atoms with Crippen molar-refractivity contribution in [2.45, 2.75) is 25.2 Å². The van der Waals surface area contributed by atoms with Crippen LogP contribution in [-0.2, 0) is 4.79 Å². The number of nitrogen functional groups attached to an aromatic ring is 1. The molecule has 0 bridgehead atoms. The van der Waals surface area contributed by atoms with Gasteiger partial charge in [-0.1, -0.05) is 0 Å². The van der Waals surface area contributed by atoms with Gasteiger partial charge in [-0.25, -0.2) is 9.97 Å². The molecule has 0 spiro atoms. The first-order valence-corrected chi connectivity index (χ1v) is 5.78. The molecule has 2 rings (SSSR count). The van der Waals surface area contributed by atoms with Crippen LogP contribution in [0.5, 0.6) is 0 Å². The SMILES string of the molecule is CNC(=O)CCNc1cc(N)nc(C2CC2)n1. The van der Waals surface area contributed by atoms with Gasteiger partial charge in [-0.05, 0) is 12.8 Å². The van der Waals surface area contributed by atoms with Gasteiger partial charge >= 0.3 is 0 Å². The fraction of sp³-hybridized carbons (Fsp3) is 0.545. The van der Waals surface area contributed by atoms with E-state index in [0.717, 1.165) is 18.7 Å². The summed E-state index contributed by atoms with van der Waals surface area (Å²) in [6, 6.07) is 1.69. The lowest BCUT2D eigenvalue weighted by Gasteiger charge is -2.07. The molecule has 0 atom stereocenters. The van der Waals surface area contributed by atoms with Crippen LogP contribution < -0.4 is 16.4 Å². The molecule has 1 fully saturated rings. The number of nitrogens with one attached hydrogen (secondary N) is 2. The van der Waals surface area contributed by atoms with Crippen LogP contribution in [0.15, 0.2) is 6.07 Å². The molecule has 17 heavy (non-hydrogen) atoms. The zero-order valence-electron chi connectivity index (χ0n) is 9.86. The number of rotatable bonds is 5. The molecule has 1 aromatic rings. The van der Waals surface area contributed by atoms with E-state index in [1.165, 1.54) is 0 Å². The molecule has 1 heterocycles. The standard InChI is InChI=1S/C11H17N5O/c1-13-10(17)4-5-14-9-6-8(12)15-11(16-9)7-2-3-7/h6-7H,2-5H2,1H3,(H,13,17)(H3,12,14,15,16). The van der Waals surface area contributed by atoms with E-state index >= 15 is 0 Å². The van der Waals surface area contributed by atoms with Crippen molar-refractivity contribution in [1.29, 1.82) is 0 Å². The third kappa shape index (κ3) is 3.30. The number of hydrogen-bond acceptors (Lipinski definition) is 5. The van der Waals surface area contributed by atoms with Gasteiger partial charge in [0.15, 0.2) is 0 Å². The van der Waals surface area contributed by atoms with Gasteiger partial charge in [0.25, 0.3) is 0 Å². The van der Waals surface area contributed by atoms with Crippen LogP contribution in [0.25, 0.3) is 0 Å². The minimum Gasteiger partial charge on any atom is -0.384 e. The van der Waals surface area contributed by atoms with Gasteiger partial charge in [-0.15, -0.1) is 0 Å². The van der Waals surface area contributed by atoms with E-state index in [0.29, 0.717) is 30.5 Å². The van der Waals surface area contributed by atoms with E-state index < -0.39 is 0 Å².